The van der Waals surface area contributed by atoms with E-state index in [1.807, 2.05) is 79.7 Å². The van der Waals surface area contributed by atoms with Gasteiger partial charge in [0.1, 0.15) is 0 Å². The van der Waals surface area contributed by atoms with Gasteiger partial charge in [0.2, 0.25) is 0 Å². The van der Waals surface area contributed by atoms with E-state index in [0.29, 0.717) is 17.0 Å². The first-order valence-corrected chi connectivity index (χ1v) is 9.20. The van der Waals surface area contributed by atoms with Gasteiger partial charge in [0.05, 0.1) is 11.3 Å². The summed E-state index contributed by atoms with van der Waals surface area (Å²) in [7, 11) is 0. The third-order valence-electron chi connectivity index (χ3n) is 4.43. The molecule has 0 unspecified atom stereocenters. The number of anilines is 1. The number of carbonyl (C=O) groups is 1. The monoisotopic (exact) mass is 381 g/mol. The van der Waals surface area contributed by atoms with E-state index in [1.54, 1.807) is 23.0 Å². The lowest BCUT2D eigenvalue weighted by molar-refractivity contribution is 0.105. The van der Waals surface area contributed by atoms with E-state index < -0.39 is 0 Å². The van der Waals surface area contributed by atoms with Crippen LogP contribution in [0.2, 0.25) is 0 Å². The maximum atomic E-state index is 13.3. The fourth-order valence-corrected chi connectivity index (χ4v) is 2.88. The number of hydrogen-bond donors (Lipinski definition) is 1. The average molecular weight is 381 g/mol. The Bertz CT molecular complexity index is 1130. The van der Waals surface area contributed by atoms with E-state index in [0.717, 1.165) is 16.9 Å². The number of nitrogens with zero attached hydrogens (tertiary/aromatic N) is 4. The fourth-order valence-electron chi connectivity index (χ4n) is 2.88. The van der Waals surface area contributed by atoms with E-state index in [4.69, 9.17) is 0 Å². The highest BCUT2D eigenvalue weighted by molar-refractivity contribution is 6.28. The minimum absolute atomic E-state index is 0.169. The zero-order valence-electron chi connectivity index (χ0n) is 15.9. The summed E-state index contributed by atoms with van der Waals surface area (Å²) in [4.78, 5) is 13.3. The molecular weight excluding hydrogens is 362 g/mol. The number of nitrogens with one attached hydrogen (secondary N) is 1. The Morgan fingerprint density at radius 1 is 0.897 bits per heavy atom. The molecule has 4 aromatic rings. The summed E-state index contributed by atoms with van der Waals surface area (Å²) in [5.74, 6) is 0.196. The summed E-state index contributed by atoms with van der Waals surface area (Å²) in [6, 6.07) is 26.5. The van der Waals surface area contributed by atoms with Gasteiger partial charge < -0.3 is 5.32 Å². The summed E-state index contributed by atoms with van der Waals surface area (Å²) in [6.45, 7) is 2.03. The number of aromatic nitrogens is 4. The Morgan fingerprint density at radius 2 is 1.55 bits per heavy atom. The van der Waals surface area contributed by atoms with Gasteiger partial charge in [0.25, 0.3) is 0 Å². The lowest BCUT2D eigenvalue weighted by Gasteiger charge is -2.09. The SMILES string of the molecule is Cc1ccc(NC=C(C(=O)c2ccccc2)c2nnnn2-c2ccccc2)cc1. The Morgan fingerprint density at radius 3 is 2.24 bits per heavy atom. The van der Waals surface area contributed by atoms with Crippen molar-refractivity contribution in [3.05, 3.63) is 108 Å². The van der Waals surface area contributed by atoms with Crippen LogP contribution in [0.5, 0.6) is 0 Å². The van der Waals surface area contributed by atoms with Crippen molar-refractivity contribution in [2.75, 3.05) is 5.32 Å². The van der Waals surface area contributed by atoms with E-state index in [9.17, 15) is 4.79 Å². The van der Waals surface area contributed by atoms with Gasteiger partial charge >= 0.3 is 0 Å². The number of hydrogen-bond acceptors (Lipinski definition) is 5. The van der Waals surface area contributed by atoms with Crippen LogP contribution in [0.25, 0.3) is 11.3 Å². The molecule has 0 aliphatic carbocycles. The number of aryl methyl sites for hydroxylation is 1. The molecule has 0 saturated heterocycles. The Kier molecular flexibility index (Phi) is 5.25. The lowest BCUT2D eigenvalue weighted by Crippen LogP contribution is -2.11. The molecule has 0 aliphatic heterocycles. The molecule has 4 rings (SSSR count). The van der Waals surface area contributed by atoms with E-state index >= 15 is 0 Å². The molecule has 0 saturated carbocycles. The fraction of sp³-hybridized carbons (Fsp3) is 0.0435. The van der Waals surface area contributed by atoms with Gasteiger partial charge in [-0.1, -0.05) is 66.2 Å². The van der Waals surface area contributed by atoms with Gasteiger partial charge in [0, 0.05) is 17.5 Å². The standard InChI is InChI=1S/C23H19N5O/c1-17-12-14-19(15-13-17)24-16-21(22(29)18-8-4-2-5-9-18)23-25-26-27-28(23)20-10-6-3-7-11-20/h2-16,24H,1H3. The Hall–Kier alpha value is -4.06. The number of ketones is 1. The molecular formula is C23H19N5O. The molecule has 1 heterocycles. The van der Waals surface area contributed by atoms with Crippen LogP contribution in [0.15, 0.2) is 91.1 Å². The van der Waals surface area contributed by atoms with Gasteiger partial charge in [-0.25, -0.2) is 0 Å². The van der Waals surface area contributed by atoms with Crippen LogP contribution < -0.4 is 5.32 Å². The van der Waals surface area contributed by atoms with Gasteiger partial charge in [-0.2, -0.15) is 4.68 Å². The predicted octanol–water partition coefficient (Wildman–Crippen LogP) is 4.31. The first-order chi connectivity index (χ1) is 14.2. The molecule has 0 bridgehead atoms. The van der Waals surface area contributed by atoms with Gasteiger partial charge in [-0.15, -0.1) is 5.10 Å². The summed E-state index contributed by atoms with van der Waals surface area (Å²) in [6.07, 6.45) is 1.66. The van der Waals surface area contributed by atoms with E-state index in [-0.39, 0.29) is 5.78 Å². The van der Waals surface area contributed by atoms with Gasteiger partial charge in [0.15, 0.2) is 11.6 Å². The first kappa shape index (κ1) is 18.3. The maximum Gasteiger partial charge on any atom is 0.198 e. The molecule has 0 spiro atoms. The highest BCUT2D eigenvalue weighted by Gasteiger charge is 2.21. The van der Waals surface area contributed by atoms with Crippen LogP contribution >= 0.6 is 0 Å². The third-order valence-corrected chi connectivity index (χ3v) is 4.43. The predicted molar refractivity (Wildman–Crippen MR) is 113 cm³/mol. The number of Topliss-reactive ketones (excluding diaryl/α,β-unsaturated/α-hetero) is 1. The highest BCUT2D eigenvalue weighted by Crippen LogP contribution is 2.21. The summed E-state index contributed by atoms with van der Waals surface area (Å²) < 4.78 is 1.56. The molecule has 0 aliphatic rings. The molecule has 6 heteroatoms. The summed E-state index contributed by atoms with van der Waals surface area (Å²) in [5, 5.41) is 15.2. The number of rotatable bonds is 6. The van der Waals surface area contributed by atoms with Crippen molar-refractivity contribution in [3.63, 3.8) is 0 Å². The number of carbonyl (C=O) groups excluding carboxylic acids is 1. The van der Waals surface area contributed by atoms with Crippen molar-refractivity contribution in [2.24, 2.45) is 0 Å². The molecule has 142 valence electrons. The van der Waals surface area contributed by atoms with Crippen molar-refractivity contribution in [1.29, 1.82) is 0 Å². The van der Waals surface area contributed by atoms with Crippen molar-refractivity contribution in [1.82, 2.24) is 20.2 Å². The molecule has 1 aromatic heterocycles. The number of tetrazole rings is 1. The van der Waals surface area contributed by atoms with Crippen LogP contribution in [0.4, 0.5) is 5.69 Å². The molecule has 29 heavy (non-hydrogen) atoms. The van der Waals surface area contributed by atoms with Crippen molar-refractivity contribution in [2.45, 2.75) is 6.92 Å². The molecule has 0 radical (unpaired) electrons. The first-order valence-electron chi connectivity index (χ1n) is 9.20. The van der Waals surface area contributed by atoms with Gasteiger partial charge in [-0.05, 0) is 41.6 Å². The maximum absolute atomic E-state index is 13.3. The number of benzene rings is 3. The minimum Gasteiger partial charge on any atom is -0.361 e. The van der Waals surface area contributed by atoms with Crippen LogP contribution in [0.1, 0.15) is 21.7 Å². The molecule has 0 atom stereocenters. The topological polar surface area (TPSA) is 72.7 Å². The zero-order chi connectivity index (χ0) is 20.1. The van der Waals surface area contributed by atoms with Crippen molar-refractivity contribution in [3.8, 4) is 5.69 Å². The Balaban J connectivity index is 1.77. The largest absolute Gasteiger partial charge is 0.361 e. The third kappa shape index (κ3) is 4.11. The lowest BCUT2D eigenvalue weighted by atomic mass is 10.0. The van der Waals surface area contributed by atoms with Crippen LogP contribution in [-0.4, -0.2) is 26.0 Å². The van der Waals surface area contributed by atoms with Gasteiger partial charge in [-0.3, -0.25) is 4.79 Å². The quantitative estimate of drug-likeness (QED) is 0.398. The second-order valence-corrected chi connectivity index (χ2v) is 6.51. The zero-order valence-corrected chi connectivity index (χ0v) is 15.9. The van der Waals surface area contributed by atoms with Crippen LogP contribution in [0, 0.1) is 6.92 Å². The van der Waals surface area contributed by atoms with Crippen LogP contribution in [0.3, 0.4) is 0 Å². The number of allylic oxidation sites excluding steroid dienone is 1. The molecule has 0 fully saturated rings. The van der Waals surface area contributed by atoms with Crippen molar-refractivity contribution >= 4 is 17.0 Å². The average Bonchev–Trinajstić information content (AvgIpc) is 3.26. The van der Waals surface area contributed by atoms with Crippen molar-refractivity contribution < 1.29 is 4.79 Å². The molecule has 1 N–H and O–H groups in total. The Labute approximate surface area is 168 Å². The second-order valence-electron chi connectivity index (χ2n) is 6.51. The van der Waals surface area contributed by atoms with E-state index in [2.05, 4.69) is 20.8 Å². The van der Waals surface area contributed by atoms with E-state index in [1.165, 1.54) is 0 Å². The summed E-state index contributed by atoms with van der Waals surface area (Å²) in [5.41, 5.74) is 3.73. The highest BCUT2D eigenvalue weighted by atomic mass is 16.1. The normalized spacial score (nSPS) is 11.3. The molecule has 6 nitrogen and oxygen atoms in total. The second kappa shape index (κ2) is 8.31. The molecule has 0 amide bonds. The smallest absolute Gasteiger partial charge is 0.198 e. The molecule has 3 aromatic carbocycles. The van der Waals surface area contributed by atoms with Crippen LogP contribution in [-0.2, 0) is 0 Å². The minimum atomic E-state index is -0.169. The summed E-state index contributed by atoms with van der Waals surface area (Å²) >= 11 is 0. The number of para-hydroxylation sites is 1.